The summed E-state index contributed by atoms with van der Waals surface area (Å²) in [6, 6.07) is 7.28. The maximum absolute atomic E-state index is 13.5. The highest BCUT2D eigenvalue weighted by Gasteiger charge is 2.34. The first-order valence-corrected chi connectivity index (χ1v) is 11.2. The van der Waals surface area contributed by atoms with Gasteiger partial charge in [-0.05, 0) is 43.0 Å². The van der Waals surface area contributed by atoms with Crippen LogP contribution >= 0.6 is 11.6 Å². The molecule has 2 unspecified atom stereocenters. The molecule has 3 rings (SSSR count). The third kappa shape index (κ3) is 4.64. The van der Waals surface area contributed by atoms with E-state index >= 15 is 0 Å². The van der Waals surface area contributed by atoms with E-state index in [1.165, 1.54) is 28.6 Å². The number of aliphatic hydroxyl groups is 1. The van der Waals surface area contributed by atoms with Crippen LogP contribution in [-0.4, -0.2) is 42.9 Å². The molecule has 1 amide bonds. The Hall–Kier alpha value is -2.07. The van der Waals surface area contributed by atoms with Gasteiger partial charge in [-0.2, -0.15) is 4.31 Å². The maximum Gasteiger partial charge on any atom is 0.255 e. The summed E-state index contributed by atoms with van der Waals surface area (Å²) >= 11 is 5.58. The Kier molecular flexibility index (Phi) is 6.76. The molecule has 2 atom stereocenters. The topological polar surface area (TPSA) is 86.7 Å². The number of benzene rings is 2. The van der Waals surface area contributed by atoms with E-state index in [1.807, 2.05) is 6.92 Å². The number of carbonyl (C=O) groups excluding carboxylic acids is 1. The van der Waals surface area contributed by atoms with E-state index < -0.39 is 38.7 Å². The van der Waals surface area contributed by atoms with Gasteiger partial charge in [-0.3, -0.25) is 4.79 Å². The third-order valence-electron chi connectivity index (χ3n) is 5.16. The number of nitrogens with one attached hydrogen (secondary N) is 1. The fourth-order valence-corrected chi connectivity index (χ4v) is 5.15. The van der Waals surface area contributed by atoms with Crippen molar-refractivity contribution in [2.24, 2.45) is 5.92 Å². The zero-order valence-corrected chi connectivity index (χ0v) is 17.7. The monoisotopic (exact) mass is 458 g/mol. The molecule has 1 heterocycles. The van der Waals surface area contributed by atoms with E-state index in [1.54, 1.807) is 0 Å². The number of aliphatic hydroxyl groups excluding tert-OH is 1. The van der Waals surface area contributed by atoms with Crippen LogP contribution in [0.25, 0.3) is 0 Å². The molecule has 162 valence electrons. The molecular formula is C20H21ClF2N2O4S. The van der Waals surface area contributed by atoms with Crippen molar-refractivity contribution < 1.29 is 27.1 Å². The Balaban J connectivity index is 1.82. The minimum atomic E-state index is -3.86. The molecule has 0 spiro atoms. The van der Waals surface area contributed by atoms with Gasteiger partial charge in [-0.15, -0.1) is 0 Å². The molecule has 0 radical (unpaired) electrons. The summed E-state index contributed by atoms with van der Waals surface area (Å²) in [7, 11) is -3.86. The molecule has 2 aromatic carbocycles. The van der Waals surface area contributed by atoms with E-state index in [-0.39, 0.29) is 35.2 Å². The lowest BCUT2D eigenvalue weighted by atomic mass is 9.94. The number of nitrogens with zero attached hydrogens (tertiary/aromatic N) is 1. The molecule has 30 heavy (non-hydrogen) atoms. The normalized spacial score (nSPS) is 20.2. The summed E-state index contributed by atoms with van der Waals surface area (Å²) in [6.45, 7) is 2.27. The smallest absolute Gasteiger partial charge is 0.255 e. The minimum Gasteiger partial charge on any atom is -0.393 e. The van der Waals surface area contributed by atoms with Gasteiger partial charge in [0.15, 0.2) is 11.6 Å². The van der Waals surface area contributed by atoms with Crippen molar-refractivity contribution in [3.8, 4) is 0 Å². The molecule has 1 aliphatic rings. The van der Waals surface area contributed by atoms with Crippen molar-refractivity contribution in [1.82, 2.24) is 4.31 Å². The summed E-state index contributed by atoms with van der Waals surface area (Å²) in [5, 5.41) is 11.9. The highest BCUT2D eigenvalue weighted by atomic mass is 35.5. The molecule has 1 fully saturated rings. The number of amides is 1. The van der Waals surface area contributed by atoms with Gasteiger partial charge in [-0.1, -0.05) is 24.6 Å². The predicted molar refractivity (Wildman–Crippen MR) is 109 cm³/mol. The van der Waals surface area contributed by atoms with Gasteiger partial charge in [0.05, 0.1) is 16.0 Å². The summed E-state index contributed by atoms with van der Waals surface area (Å²) in [5.41, 5.74) is -0.0333. The fraction of sp³-hybridized carbons (Fsp3) is 0.350. The number of sulfonamides is 1. The summed E-state index contributed by atoms with van der Waals surface area (Å²) in [5.74, 6) is -3.29. The first-order valence-electron chi connectivity index (χ1n) is 9.37. The van der Waals surface area contributed by atoms with Crippen molar-refractivity contribution in [3.05, 3.63) is 58.6 Å². The van der Waals surface area contributed by atoms with Gasteiger partial charge in [0, 0.05) is 30.4 Å². The van der Waals surface area contributed by atoms with Crippen molar-refractivity contribution in [3.63, 3.8) is 0 Å². The Bertz CT molecular complexity index is 1040. The van der Waals surface area contributed by atoms with Crippen LogP contribution in [0.3, 0.4) is 0 Å². The van der Waals surface area contributed by atoms with E-state index in [2.05, 4.69) is 5.32 Å². The summed E-state index contributed by atoms with van der Waals surface area (Å²) in [4.78, 5) is 12.4. The van der Waals surface area contributed by atoms with Crippen LogP contribution in [0.15, 0.2) is 41.3 Å². The number of anilines is 1. The lowest BCUT2D eigenvalue weighted by molar-refractivity contribution is 0.0521. The molecule has 1 saturated heterocycles. The second kappa shape index (κ2) is 8.97. The standard InChI is InChI=1S/C20H21ClF2N2O4S/c1-2-12-11-25(7-6-18(12)26)30(28,29)15-5-3-4-13(8-15)20(27)24-14-9-16(21)19(23)17(22)10-14/h3-5,8-10,12,18,26H,2,6-7,11H2,1H3,(H,24,27). The van der Waals surface area contributed by atoms with Gasteiger partial charge in [0.25, 0.3) is 5.91 Å². The molecule has 2 N–H and O–H groups in total. The summed E-state index contributed by atoms with van der Waals surface area (Å²) < 4.78 is 54.1. The van der Waals surface area contributed by atoms with Crippen LogP contribution in [0.2, 0.25) is 5.02 Å². The molecule has 2 aromatic rings. The zero-order chi connectivity index (χ0) is 22.1. The average Bonchev–Trinajstić information content (AvgIpc) is 2.72. The number of carbonyl (C=O) groups is 1. The average molecular weight is 459 g/mol. The van der Waals surface area contributed by atoms with E-state index in [0.717, 1.165) is 12.1 Å². The Labute approximate surface area is 178 Å². The number of piperidine rings is 1. The molecule has 1 aliphatic heterocycles. The van der Waals surface area contributed by atoms with Crippen molar-refractivity contribution in [2.45, 2.75) is 30.8 Å². The maximum atomic E-state index is 13.5. The van der Waals surface area contributed by atoms with Crippen LogP contribution in [0.4, 0.5) is 14.5 Å². The number of rotatable bonds is 5. The van der Waals surface area contributed by atoms with Gasteiger partial charge in [-0.25, -0.2) is 17.2 Å². The SMILES string of the molecule is CCC1CN(S(=O)(=O)c2cccc(C(=O)Nc3cc(F)c(F)c(Cl)c3)c2)CCC1O. The Morgan fingerprint density at radius 1 is 1.30 bits per heavy atom. The van der Waals surface area contributed by atoms with Crippen LogP contribution in [-0.2, 0) is 10.0 Å². The zero-order valence-electron chi connectivity index (χ0n) is 16.1. The Morgan fingerprint density at radius 2 is 2.03 bits per heavy atom. The van der Waals surface area contributed by atoms with Gasteiger partial charge >= 0.3 is 0 Å². The van der Waals surface area contributed by atoms with Gasteiger partial charge < -0.3 is 10.4 Å². The third-order valence-corrected chi connectivity index (χ3v) is 7.29. The first-order chi connectivity index (χ1) is 14.1. The fourth-order valence-electron chi connectivity index (χ4n) is 3.38. The van der Waals surface area contributed by atoms with E-state index in [0.29, 0.717) is 12.8 Å². The highest BCUT2D eigenvalue weighted by molar-refractivity contribution is 7.89. The Morgan fingerprint density at radius 3 is 2.70 bits per heavy atom. The van der Waals surface area contributed by atoms with Crippen molar-refractivity contribution in [2.75, 3.05) is 18.4 Å². The van der Waals surface area contributed by atoms with Crippen LogP contribution in [0.1, 0.15) is 30.1 Å². The molecule has 0 saturated carbocycles. The van der Waals surface area contributed by atoms with Crippen LogP contribution in [0.5, 0.6) is 0 Å². The number of hydrogen-bond acceptors (Lipinski definition) is 4. The van der Waals surface area contributed by atoms with Gasteiger partial charge in [0.1, 0.15) is 0 Å². The van der Waals surface area contributed by atoms with Crippen molar-refractivity contribution >= 4 is 33.2 Å². The second-order valence-corrected chi connectivity index (χ2v) is 9.47. The molecule has 6 nitrogen and oxygen atoms in total. The van der Waals surface area contributed by atoms with E-state index in [9.17, 15) is 27.1 Å². The molecule has 0 aromatic heterocycles. The molecule has 0 aliphatic carbocycles. The minimum absolute atomic E-state index is 0.0287. The number of halogens is 3. The molecule has 0 bridgehead atoms. The largest absolute Gasteiger partial charge is 0.393 e. The quantitative estimate of drug-likeness (QED) is 0.669. The lowest BCUT2D eigenvalue weighted by Crippen LogP contribution is -2.45. The van der Waals surface area contributed by atoms with Crippen molar-refractivity contribution in [1.29, 1.82) is 0 Å². The first kappa shape index (κ1) is 22.6. The molecule has 10 heteroatoms. The van der Waals surface area contributed by atoms with Crippen LogP contribution < -0.4 is 5.32 Å². The number of hydrogen-bond donors (Lipinski definition) is 2. The van der Waals surface area contributed by atoms with Crippen LogP contribution in [0, 0.1) is 17.6 Å². The predicted octanol–water partition coefficient (Wildman–Crippen LogP) is 3.65. The summed E-state index contributed by atoms with van der Waals surface area (Å²) in [6.07, 6.45) is 0.447. The van der Waals surface area contributed by atoms with Gasteiger partial charge in [0.2, 0.25) is 10.0 Å². The highest BCUT2D eigenvalue weighted by Crippen LogP contribution is 2.27. The molecular weight excluding hydrogens is 438 g/mol. The second-order valence-electron chi connectivity index (χ2n) is 7.12. The lowest BCUT2D eigenvalue weighted by Gasteiger charge is -2.34. The van der Waals surface area contributed by atoms with E-state index in [4.69, 9.17) is 11.6 Å².